The van der Waals surface area contributed by atoms with Crippen molar-refractivity contribution in [3.05, 3.63) is 24.3 Å². The fourth-order valence-electron chi connectivity index (χ4n) is 2.15. The highest BCUT2D eigenvalue weighted by molar-refractivity contribution is 5.87. The van der Waals surface area contributed by atoms with Gasteiger partial charge in [-0.25, -0.2) is 0 Å². The molecule has 1 atom stereocenters. The van der Waals surface area contributed by atoms with E-state index in [1.807, 2.05) is 31.2 Å². The molecule has 0 aliphatic carbocycles. The molecular formula is C16H26N2O2. The lowest BCUT2D eigenvalue weighted by Gasteiger charge is -2.28. The molecule has 0 aliphatic heterocycles. The van der Waals surface area contributed by atoms with E-state index in [9.17, 15) is 4.79 Å². The van der Waals surface area contributed by atoms with Gasteiger partial charge in [-0.15, -0.1) is 0 Å². The molecule has 1 aromatic rings. The Morgan fingerprint density at radius 1 is 1.25 bits per heavy atom. The number of hydrogen-bond acceptors (Lipinski definition) is 3. The van der Waals surface area contributed by atoms with Crippen LogP contribution in [0.5, 0.6) is 5.75 Å². The van der Waals surface area contributed by atoms with Gasteiger partial charge in [-0.3, -0.25) is 4.79 Å². The Kier molecular flexibility index (Phi) is 6.36. The van der Waals surface area contributed by atoms with Crippen LogP contribution >= 0.6 is 0 Å². The Hall–Kier alpha value is -1.71. The van der Waals surface area contributed by atoms with Crippen LogP contribution in [-0.4, -0.2) is 18.6 Å². The third-order valence-electron chi connectivity index (χ3n) is 3.58. The summed E-state index contributed by atoms with van der Waals surface area (Å²) in [5, 5.41) is 3.25. The van der Waals surface area contributed by atoms with Crippen molar-refractivity contribution < 1.29 is 9.53 Å². The predicted molar refractivity (Wildman–Crippen MR) is 83.0 cm³/mol. The summed E-state index contributed by atoms with van der Waals surface area (Å²) in [7, 11) is 1.63. The van der Waals surface area contributed by atoms with Crippen LogP contribution in [0.3, 0.4) is 0 Å². The van der Waals surface area contributed by atoms with Crippen molar-refractivity contribution in [1.29, 1.82) is 0 Å². The van der Waals surface area contributed by atoms with E-state index in [2.05, 4.69) is 12.2 Å². The van der Waals surface area contributed by atoms with Crippen LogP contribution in [0, 0.1) is 0 Å². The van der Waals surface area contributed by atoms with Gasteiger partial charge in [0.1, 0.15) is 11.3 Å². The second-order valence-corrected chi connectivity index (χ2v) is 5.36. The molecule has 0 aromatic heterocycles. The van der Waals surface area contributed by atoms with Crippen molar-refractivity contribution in [1.82, 2.24) is 0 Å². The number of ether oxygens (including phenoxy) is 1. The Morgan fingerprint density at radius 3 is 2.40 bits per heavy atom. The minimum atomic E-state index is -0.706. The maximum absolute atomic E-state index is 11.7. The van der Waals surface area contributed by atoms with Gasteiger partial charge in [0, 0.05) is 5.69 Å². The van der Waals surface area contributed by atoms with E-state index in [0.29, 0.717) is 0 Å². The van der Waals surface area contributed by atoms with Gasteiger partial charge in [0.2, 0.25) is 5.91 Å². The topological polar surface area (TPSA) is 64.3 Å². The predicted octanol–water partition coefficient (Wildman–Crippen LogP) is 3.32. The molecule has 3 N–H and O–H groups in total. The summed E-state index contributed by atoms with van der Waals surface area (Å²) in [6, 6.07) is 7.51. The number of nitrogens with two attached hydrogens (primary N) is 1. The number of unbranched alkanes of at least 4 members (excludes halogenated alkanes) is 3. The number of anilines is 1. The van der Waals surface area contributed by atoms with Crippen molar-refractivity contribution >= 4 is 11.6 Å². The highest BCUT2D eigenvalue weighted by Crippen LogP contribution is 2.23. The lowest BCUT2D eigenvalue weighted by Crippen LogP contribution is -2.47. The number of carbonyl (C=O) groups is 1. The Balaban J connectivity index is 2.66. The Morgan fingerprint density at radius 2 is 1.90 bits per heavy atom. The van der Waals surface area contributed by atoms with E-state index in [1.165, 1.54) is 12.8 Å². The molecule has 1 unspecified atom stereocenters. The minimum absolute atomic E-state index is 0.315. The van der Waals surface area contributed by atoms with E-state index >= 15 is 0 Å². The number of hydrogen-bond donors (Lipinski definition) is 2. The summed E-state index contributed by atoms with van der Waals surface area (Å²) in [6.45, 7) is 4.04. The average molecular weight is 278 g/mol. The average Bonchev–Trinajstić information content (AvgIpc) is 2.44. The van der Waals surface area contributed by atoms with Crippen molar-refractivity contribution in [2.45, 2.75) is 51.5 Å². The molecule has 0 spiro atoms. The molecule has 0 heterocycles. The number of carbonyl (C=O) groups excluding carboxylic acids is 1. The van der Waals surface area contributed by atoms with Crippen LogP contribution in [0.4, 0.5) is 5.69 Å². The monoisotopic (exact) mass is 278 g/mol. The van der Waals surface area contributed by atoms with Crippen molar-refractivity contribution in [3.8, 4) is 5.75 Å². The smallest absolute Gasteiger partial charge is 0.242 e. The van der Waals surface area contributed by atoms with Gasteiger partial charge in [0.05, 0.1) is 7.11 Å². The van der Waals surface area contributed by atoms with Crippen molar-refractivity contribution in [3.63, 3.8) is 0 Å². The largest absolute Gasteiger partial charge is 0.497 e. The van der Waals surface area contributed by atoms with Crippen molar-refractivity contribution in [2.75, 3.05) is 12.4 Å². The first-order chi connectivity index (χ1) is 9.51. The number of nitrogens with one attached hydrogen (secondary N) is 1. The van der Waals surface area contributed by atoms with Crippen LogP contribution in [0.25, 0.3) is 0 Å². The first-order valence-electron chi connectivity index (χ1n) is 7.24. The quantitative estimate of drug-likeness (QED) is 0.681. The van der Waals surface area contributed by atoms with Crippen molar-refractivity contribution in [2.24, 2.45) is 5.73 Å². The highest BCUT2D eigenvalue weighted by Gasteiger charge is 2.30. The maximum Gasteiger partial charge on any atom is 0.242 e. The molecule has 1 rings (SSSR count). The Labute approximate surface area is 121 Å². The summed E-state index contributed by atoms with van der Waals surface area (Å²) in [4.78, 5) is 11.7. The molecule has 0 aliphatic rings. The lowest BCUT2D eigenvalue weighted by atomic mass is 9.93. The normalized spacial score (nSPS) is 13.6. The molecule has 0 bridgehead atoms. The third kappa shape index (κ3) is 4.76. The van der Waals surface area contributed by atoms with Gasteiger partial charge in [-0.05, 0) is 37.6 Å². The van der Waals surface area contributed by atoms with E-state index < -0.39 is 5.54 Å². The standard InChI is InChI=1S/C16H26N2O2/c1-4-5-6-7-12-16(2,15(17)19)18-13-8-10-14(20-3)11-9-13/h8-11,18H,4-7,12H2,1-3H3,(H2,17,19). The summed E-state index contributed by atoms with van der Waals surface area (Å²) < 4.78 is 5.12. The molecule has 4 heteroatoms. The Bertz CT molecular complexity index is 417. The highest BCUT2D eigenvalue weighted by atomic mass is 16.5. The molecule has 20 heavy (non-hydrogen) atoms. The third-order valence-corrected chi connectivity index (χ3v) is 3.58. The summed E-state index contributed by atoms with van der Waals surface area (Å²) in [5.74, 6) is 0.476. The molecule has 112 valence electrons. The molecule has 4 nitrogen and oxygen atoms in total. The fraction of sp³-hybridized carbons (Fsp3) is 0.562. The van der Waals surface area contributed by atoms with Gasteiger partial charge in [0.25, 0.3) is 0 Å². The zero-order valence-electron chi connectivity index (χ0n) is 12.7. The van der Waals surface area contributed by atoms with Crippen LogP contribution < -0.4 is 15.8 Å². The van der Waals surface area contributed by atoms with E-state index in [0.717, 1.165) is 30.7 Å². The van der Waals surface area contributed by atoms with E-state index in [1.54, 1.807) is 7.11 Å². The zero-order valence-corrected chi connectivity index (χ0v) is 12.7. The van der Waals surface area contributed by atoms with Crippen LogP contribution in [0.15, 0.2) is 24.3 Å². The van der Waals surface area contributed by atoms with Crippen LogP contribution in [0.1, 0.15) is 46.0 Å². The number of rotatable bonds is 9. The minimum Gasteiger partial charge on any atom is -0.497 e. The summed E-state index contributed by atoms with van der Waals surface area (Å²) >= 11 is 0. The molecule has 1 aromatic carbocycles. The number of primary amides is 1. The van der Waals surface area contributed by atoms with Gasteiger partial charge >= 0.3 is 0 Å². The SMILES string of the molecule is CCCCCCC(C)(Nc1ccc(OC)cc1)C(N)=O. The molecule has 1 amide bonds. The molecule has 0 saturated carbocycles. The molecular weight excluding hydrogens is 252 g/mol. The fourth-order valence-corrected chi connectivity index (χ4v) is 2.15. The van der Waals surface area contributed by atoms with Gasteiger partial charge in [-0.1, -0.05) is 32.6 Å². The first kappa shape index (κ1) is 16.3. The summed E-state index contributed by atoms with van der Waals surface area (Å²) in [5.41, 5.74) is 5.73. The summed E-state index contributed by atoms with van der Waals surface area (Å²) in [6.07, 6.45) is 5.24. The molecule has 0 saturated heterocycles. The number of amides is 1. The van der Waals surface area contributed by atoms with E-state index in [4.69, 9.17) is 10.5 Å². The second kappa shape index (κ2) is 7.78. The van der Waals surface area contributed by atoms with Gasteiger partial charge in [-0.2, -0.15) is 0 Å². The first-order valence-corrected chi connectivity index (χ1v) is 7.24. The number of benzene rings is 1. The number of methoxy groups -OCH3 is 1. The van der Waals surface area contributed by atoms with Gasteiger partial charge in [0.15, 0.2) is 0 Å². The van der Waals surface area contributed by atoms with Gasteiger partial charge < -0.3 is 15.8 Å². The lowest BCUT2D eigenvalue weighted by molar-refractivity contribution is -0.122. The molecule has 0 fully saturated rings. The zero-order chi connectivity index (χ0) is 15.0. The van der Waals surface area contributed by atoms with E-state index in [-0.39, 0.29) is 5.91 Å². The second-order valence-electron chi connectivity index (χ2n) is 5.36. The molecule has 0 radical (unpaired) electrons. The van der Waals surface area contributed by atoms with Crippen LogP contribution in [-0.2, 0) is 4.79 Å². The maximum atomic E-state index is 11.7. The van der Waals surface area contributed by atoms with Crippen LogP contribution in [0.2, 0.25) is 0 Å².